The maximum Gasteiger partial charge on any atom is 0.267 e. The number of hydrogen-bond acceptors (Lipinski definition) is 3. The minimum atomic E-state index is -0.192. The van der Waals surface area contributed by atoms with E-state index in [4.69, 9.17) is 10.8 Å². The van der Waals surface area contributed by atoms with Gasteiger partial charge in [-0.1, -0.05) is 30.3 Å². The van der Waals surface area contributed by atoms with Gasteiger partial charge in [0.2, 0.25) is 0 Å². The smallest absolute Gasteiger partial charge is 0.267 e. The number of nitrogens with zero attached hydrogens (tertiary/aromatic N) is 2. The average molecular weight is 321 g/mol. The van der Waals surface area contributed by atoms with E-state index < -0.39 is 0 Å². The van der Waals surface area contributed by atoms with Crippen LogP contribution in [0.5, 0.6) is 0 Å². The van der Waals surface area contributed by atoms with E-state index in [1.54, 1.807) is 26.1 Å². The predicted octanol–water partition coefficient (Wildman–Crippen LogP) is 2.18. The van der Waals surface area contributed by atoms with Crippen molar-refractivity contribution in [2.75, 3.05) is 7.05 Å². The van der Waals surface area contributed by atoms with E-state index in [9.17, 15) is 4.79 Å². The van der Waals surface area contributed by atoms with Gasteiger partial charge in [0, 0.05) is 13.6 Å². The second kappa shape index (κ2) is 6.16. The molecule has 0 aliphatic rings. The largest absolute Gasteiger partial charge is 0.354 e. The zero-order chi connectivity index (χ0) is 17.3. The number of fused-ring (bicyclic) bond motifs is 1. The number of rotatable bonds is 3. The van der Waals surface area contributed by atoms with E-state index in [1.165, 1.54) is 4.57 Å². The number of benzene rings is 1. The molecule has 0 unspecified atom stereocenters. The van der Waals surface area contributed by atoms with Crippen LogP contribution in [0.1, 0.15) is 23.0 Å². The SMILES string of the molecule is CNC(=O)c1cc2c(ccc(=N)n2C(C)=N)n1Cc1ccccc1. The predicted molar refractivity (Wildman–Crippen MR) is 93.5 cm³/mol. The molecule has 0 aliphatic heterocycles. The Balaban J connectivity index is 2.29. The molecule has 0 aliphatic carbocycles. The zero-order valence-electron chi connectivity index (χ0n) is 13.6. The highest BCUT2D eigenvalue weighted by Gasteiger charge is 2.17. The number of hydrogen-bond donors (Lipinski definition) is 3. The van der Waals surface area contributed by atoms with Crippen molar-refractivity contribution in [2.45, 2.75) is 13.5 Å². The number of amides is 1. The second-order valence-corrected chi connectivity index (χ2v) is 5.59. The topological polar surface area (TPSA) is 86.7 Å². The van der Waals surface area contributed by atoms with Gasteiger partial charge >= 0.3 is 0 Å². The third kappa shape index (κ3) is 2.62. The summed E-state index contributed by atoms with van der Waals surface area (Å²) < 4.78 is 3.45. The van der Waals surface area contributed by atoms with Crippen LogP contribution in [0.4, 0.5) is 0 Å². The number of carbonyl (C=O) groups is 1. The molecule has 2 aromatic heterocycles. The van der Waals surface area contributed by atoms with Crippen LogP contribution in [0.15, 0.2) is 48.5 Å². The minimum Gasteiger partial charge on any atom is -0.354 e. The maximum atomic E-state index is 12.3. The summed E-state index contributed by atoms with van der Waals surface area (Å²) in [6, 6.07) is 15.1. The fourth-order valence-corrected chi connectivity index (χ4v) is 2.88. The highest BCUT2D eigenvalue weighted by molar-refractivity contribution is 6.00. The first-order chi connectivity index (χ1) is 11.5. The van der Waals surface area contributed by atoms with Crippen molar-refractivity contribution in [3.63, 3.8) is 0 Å². The number of nitrogens with one attached hydrogen (secondary N) is 3. The quantitative estimate of drug-likeness (QED) is 0.501. The van der Waals surface area contributed by atoms with Crippen molar-refractivity contribution in [2.24, 2.45) is 0 Å². The lowest BCUT2D eigenvalue weighted by Crippen LogP contribution is -2.24. The Kier molecular flexibility index (Phi) is 4.04. The van der Waals surface area contributed by atoms with E-state index in [-0.39, 0.29) is 17.2 Å². The summed E-state index contributed by atoms with van der Waals surface area (Å²) in [6.45, 7) is 2.17. The fraction of sp³-hybridized carbons (Fsp3) is 0.167. The van der Waals surface area contributed by atoms with Gasteiger partial charge in [0.25, 0.3) is 5.91 Å². The van der Waals surface area contributed by atoms with Crippen LogP contribution in [0.3, 0.4) is 0 Å². The third-order valence-corrected chi connectivity index (χ3v) is 3.98. The van der Waals surface area contributed by atoms with Crippen LogP contribution in [0.2, 0.25) is 0 Å². The Labute approximate surface area is 139 Å². The van der Waals surface area contributed by atoms with Gasteiger partial charge < -0.3 is 9.88 Å². The van der Waals surface area contributed by atoms with Crippen LogP contribution < -0.4 is 10.8 Å². The van der Waals surface area contributed by atoms with Crippen LogP contribution in [-0.2, 0) is 6.54 Å². The monoisotopic (exact) mass is 321 g/mol. The van der Waals surface area contributed by atoms with Crippen molar-refractivity contribution in [3.8, 4) is 0 Å². The van der Waals surface area contributed by atoms with Gasteiger partial charge in [-0.15, -0.1) is 0 Å². The summed E-state index contributed by atoms with van der Waals surface area (Å²) >= 11 is 0. The van der Waals surface area contributed by atoms with E-state index in [1.807, 2.05) is 41.0 Å². The summed E-state index contributed by atoms with van der Waals surface area (Å²) in [4.78, 5) is 12.3. The molecule has 1 aromatic carbocycles. The number of carbonyl (C=O) groups excluding carboxylic acids is 1. The Morgan fingerprint density at radius 1 is 1.12 bits per heavy atom. The first-order valence-electron chi connectivity index (χ1n) is 7.64. The molecule has 3 aromatic rings. The van der Waals surface area contributed by atoms with Crippen molar-refractivity contribution in [1.29, 1.82) is 10.8 Å². The highest BCUT2D eigenvalue weighted by Crippen LogP contribution is 2.20. The Bertz CT molecular complexity index is 982. The molecule has 6 nitrogen and oxygen atoms in total. The van der Waals surface area contributed by atoms with Gasteiger partial charge in [0.15, 0.2) is 0 Å². The normalized spacial score (nSPS) is 10.8. The lowest BCUT2D eigenvalue weighted by atomic mass is 10.2. The van der Waals surface area contributed by atoms with E-state index in [2.05, 4.69) is 5.32 Å². The van der Waals surface area contributed by atoms with Crippen LogP contribution in [0.25, 0.3) is 11.0 Å². The highest BCUT2D eigenvalue weighted by atomic mass is 16.1. The maximum absolute atomic E-state index is 12.3. The summed E-state index contributed by atoms with van der Waals surface area (Å²) in [6.07, 6.45) is 0. The molecule has 122 valence electrons. The zero-order valence-corrected chi connectivity index (χ0v) is 13.6. The van der Waals surface area contributed by atoms with Crippen molar-refractivity contribution in [3.05, 3.63) is 65.3 Å². The summed E-state index contributed by atoms with van der Waals surface area (Å²) in [7, 11) is 1.60. The number of pyridine rings is 1. The standard InChI is InChI=1S/C18H19N5O/c1-12(19)23-15-10-16(18(24)21-2)22(14(15)8-9-17(23)20)11-13-6-4-3-5-7-13/h3-10,19-20H,11H2,1-2H3,(H,21,24). The van der Waals surface area contributed by atoms with E-state index in [0.717, 1.165) is 11.1 Å². The lowest BCUT2D eigenvalue weighted by molar-refractivity contribution is 0.0955. The van der Waals surface area contributed by atoms with Gasteiger partial charge in [-0.3, -0.25) is 20.2 Å². The molecule has 24 heavy (non-hydrogen) atoms. The van der Waals surface area contributed by atoms with Gasteiger partial charge in [-0.25, -0.2) is 0 Å². The molecule has 0 fully saturated rings. The molecule has 0 spiro atoms. The summed E-state index contributed by atoms with van der Waals surface area (Å²) in [5.74, 6) is 0.0498. The van der Waals surface area contributed by atoms with Crippen molar-refractivity contribution in [1.82, 2.24) is 14.5 Å². The molecule has 0 saturated heterocycles. The van der Waals surface area contributed by atoms with Crippen LogP contribution in [0, 0.1) is 10.8 Å². The summed E-state index contributed by atoms with van der Waals surface area (Å²) in [5, 5.41) is 18.7. The van der Waals surface area contributed by atoms with Crippen LogP contribution in [-0.4, -0.2) is 27.9 Å². The fourth-order valence-electron chi connectivity index (χ4n) is 2.88. The first kappa shape index (κ1) is 15.7. The van der Waals surface area contributed by atoms with Gasteiger partial charge in [0.1, 0.15) is 17.0 Å². The molecule has 3 N–H and O–H groups in total. The molecule has 2 heterocycles. The first-order valence-corrected chi connectivity index (χ1v) is 7.64. The molecular weight excluding hydrogens is 302 g/mol. The third-order valence-electron chi connectivity index (χ3n) is 3.98. The van der Waals surface area contributed by atoms with Crippen LogP contribution >= 0.6 is 0 Å². The Morgan fingerprint density at radius 2 is 1.83 bits per heavy atom. The minimum absolute atomic E-state index is 0.192. The molecular formula is C18H19N5O. The summed E-state index contributed by atoms with van der Waals surface area (Å²) in [5.41, 5.74) is 3.31. The Hall–Kier alpha value is -3.15. The average Bonchev–Trinajstić information content (AvgIpc) is 2.93. The molecule has 0 atom stereocenters. The molecule has 6 heteroatoms. The number of aromatic nitrogens is 2. The van der Waals surface area contributed by atoms with Crippen molar-refractivity contribution < 1.29 is 4.79 Å². The van der Waals surface area contributed by atoms with E-state index >= 15 is 0 Å². The van der Waals surface area contributed by atoms with Gasteiger partial charge in [-0.2, -0.15) is 0 Å². The second-order valence-electron chi connectivity index (χ2n) is 5.59. The molecule has 3 rings (SSSR count). The molecule has 1 amide bonds. The molecule has 0 radical (unpaired) electrons. The van der Waals surface area contributed by atoms with E-state index in [0.29, 0.717) is 17.8 Å². The van der Waals surface area contributed by atoms with Gasteiger partial charge in [0.05, 0.1) is 11.0 Å². The molecule has 0 bridgehead atoms. The lowest BCUT2D eigenvalue weighted by Gasteiger charge is -2.11. The molecule has 0 saturated carbocycles. The van der Waals surface area contributed by atoms with Gasteiger partial charge in [-0.05, 0) is 30.7 Å². The van der Waals surface area contributed by atoms with Crippen molar-refractivity contribution >= 4 is 22.8 Å². The Morgan fingerprint density at radius 3 is 2.46 bits per heavy atom.